The number of amides is 2. The molecule has 212 valence electrons. The number of benzene rings is 3. The number of carbonyl (C=O) groups excluding carboxylic acids is 2. The zero-order valence-corrected chi connectivity index (χ0v) is 24.0. The van der Waals surface area contributed by atoms with Crippen LogP contribution in [0.1, 0.15) is 37.0 Å². The summed E-state index contributed by atoms with van der Waals surface area (Å²) in [7, 11) is -3.61. The fourth-order valence-corrected chi connectivity index (χ4v) is 5.90. The number of halogens is 1. The third-order valence-corrected chi connectivity index (χ3v) is 8.79. The number of sulfonamides is 1. The van der Waals surface area contributed by atoms with E-state index in [2.05, 4.69) is 5.32 Å². The summed E-state index contributed by atoms with van der Waals surface area (Å²) in [5.41, 5.74) is 1.37. The number of rotatable bonds is 12. The van der Waals surface area contributed by atoms with Crippen LogP contribution in [0.2, 0.25) is 5.02 Å². The van der Waals surface area contributed by atoms with Gasteiger partial charge in [-0.1, -0.05) is 25.4 Å². The molecular weight excluding hydrogens is 554 g/mol. The highest BCUT2D eigenvalue weighted by atomic mass is 35.5. The number of carbonyl (C=O) groups is 2. The summed E-state index contributed by atoms with van der Waals surface area (Å²) < 4.78 is 38.1. The highest BCUT2D eigenvalue weighted by molar-refractivity contribution is 7.89. The molecule has 3 aromatic carbocycles. The van der Waals surface area contributed by atoms with Crippen LogP contribution in [0.5, 0.6) is 11.5 Å². The van der Waals surface area contributed by atoms with Crippen molar-refractivity contribution in [3.05, 3.63) is 77.3 Å². The quantitative estimate of drug-likeness (QED) is 0.293. The monoisotopic (exact) mass is 585 g/mol. The molecule has 2 amide bonds. The van der Waals surface area contributed by atoms with E-state index < -0.39 is 15.9 Å². The van der Waals surface area contributed by atoms with E-state index >= 15 is 0 Å². The van der Waals surface area contributed by atoms with Crippen molar-refractivity contribution >= 4 is 44.8 Å². The zero-order chi connectivity index (χ0) is 28.7. The Hall–Kier alpha value is -3.60. The fourth-order valence-electron chi connectivity index (χ4n) is 4.31. The minimum atomic E-state index is -3.61. The molecule has 0 radical (unpaired) electrons. The minimum Gasteiger partial charge on any atom is -0.494 e. The number of ether oxygens (including phenoxy) is 2. The Morgan fingerprint density at radius 3 is 2.40 bits per heavy atom. The Kier molecular flexibility index (Phi) is 9.67. The molecule has 0 fully saturated rings. The summed E-state index contributed by atoms with van der Waals surface area (Å²) in [5.74, 6) is 0.721. The maximum absolute atomic E-state index is 12.9. The molecule has 0 aromatic heterocycles. The predicted octanol–water partition coefficient (Wildman–Crippen LogP) is 5.21. The highest BCUT2D eigenvalue weighted by Crippen LogP contribution is 2.35. The average molecular weight is 586 g/mol. The van der Waals surface area contributed by atoms with Gasteiger partial charge in [0.05, 0.1) is 17.2 Å². The van der Waals surface area contributed by atoms with Gasteiger partial charge in [0.25, 0.3) is 11.8 Å². The molecule has 3 aromatic rings. The highest BCUT2D eigenvalue weighted by Gasteiger charge is 2.26. The van der Waals surface area contributed by atoms with Gasteiger partial charge in [-0.25, -0.2) is 8.42 Å². The van der Waals surface area contributed by atoms with Gasteiger partial charge in [-0.05, 0) is 79.6 Å². The lowest BCUT2D eigenvalue weighted by atomic mass is 10.1. The molecule has 0 unspecified atom stereocenters. The molecule has 1 aliphatic rings. The van der Waals surface area contributed by atoms with Gasteiger partial charge >= 0.3 is 0 Å². The van der Waals surface area contributed by atoms with E-state index in [1.54, 1.807) is 49.1 Å². The number of fused-ring (bicyclic) bond motifs is 1. The van der Waals surface area contributed by atoms with E-state index in [1.807, 2.05) is 12.1 Å². The Bertz CT molecular complexity index is 1440. The standard InChI is InChI=1S/C29H32ClN3O6S/c1-3-32(4-2)40(36,37)25-14-7-21(8-15-25)29(35)31-23-11-16-27-26(19-23)33(28(34)20-39-27)17-5-6-18-38-24-12-9-22(30)10-13-24/h7-16,19H,3-6,17-18,20H2,1-2H3,(H,31,35). The summed E-state index contributed by atoms with van der Waals surface area (Å²) >= 11 is 5.90. The van der Waals surface area contributed by atoms with Gasteiger partial charge < -0.3 is 19.7 Å². The van der Waals surface area contributed by atoms with Crippen LogP contribution in [0.25, 0.3) is 0 Å². The number of nitrogens with zero attached hydrogens (tertiary/aromatic N) is 2. The second kappa shape index (κ2) is 13.2. The van der Waals surface area contributed by atoms with Crippen molar-refractivity contribution in [1.29, 1.82) is 0 Å². The molecule has 1 heterocycles. The second-order valence-electron chi connectivity index (χ2n) is 9.09. The maximum Gasteiger partial charge on any atom is 0.265 e. The molecular formula is C29H32ClN3O6S. The summed E-state index contributed by atoms with van der Waals surface area (Å²) in [6, 6.07) is 18.1. The lowest BCUT2D eigenvalue weighted by Crippen LogP contribution is -2.39. The van der Waals surface area contributed by atoms with E-state index in [0.717, 1.165) is 12.2 Å². The average Bonchev–Trinajstić information content (AvgIpc) is 2.95. The molecule has 0 spiro atoms. The molecule has 40 heavy (non-hydrogen) atoms. The normalized spacial score (nSPS) is 13.1. The van der Waals surface area contributed by atoms with Crippen molar-refractivity contribution in [3.8, 4) is 11.5 Å². The maximum atomic E-state index is 12.9. The first kappa shape index (κ1) is 29.4. The van der Waals surface area contributed by atoms with Gasteiger partial charge in [0.15, 0.2) is 6.61 Å². The van der Waals surface area contributed by atoms with Crippen LogP contribution < -0.4 is 19.7 Å². The van der Waals surface area contributed by atoms with Gasteiger partial charge in [0.2, 0.25) is 10.0 Å². The van der Waals surface area contributed by atoms with Gasteiger partial charge in [-0.3, -0.25) is 9.59 Å². The fraction of sp³-hybridized carbons (Fsp3) is 0.310. The first-order valence-electron chi connectivity index (χ1n) is 13.1. The Labute approximate surface area is 239 Å². The molecule has 0 bridgehead atoms. The minimum absolute atomic E-state index is 0.0528. The van der Waals surface area contributed by atoms with Crippen LogP contribution in [0, 0.1) is 0 Å². The first-order valence-corrected chi connectivity index (χ1v) is 14.9. The molecule has 4 rings (SSSR count). The first-order chi connectivity index (χ1) is 19.2. The van der Waals surface area contributed by atoms with Crippen molar-refractivity contribution in [2.24, 2.45) is 0 Å². The third-order valence-electron chi connectivity index (χ3n) is 6.48. The zero-order valence-electron chi connectivity index (χ0n) is 22.4. The predicted molar refractivity (Wildman–Crippen MR) is 155 cm³/mol. The molecule has 0 saturated heterocycles. The number of unbranched alkanes of at least 4 members (excludes halogenated alkanes) is 1. The smallest absolute Gasteiger partial charge is 0.265 e. The van der Waals surface area contributed by atoms with Crippen LogP contribution in [0.15, 0.2) is 71.6 Å². The van der Waals surface area contributed by atoms with Crippen LogP contribution in [-0.4, -0.2) is 57.4 Å². The number of hydrogen-bond acceptors (Lipinski definition) is 6. The van der Waals surface area contributed by atoms with E-state index in [-0.39, 0.29) is 17.4 Å². The van der Waals surface area contributed by atoms with Gasteiger partial charge in [-0.15, -0.1) is 0 Å². The van der Waals surface area contributed by atoms with Crippen LogP contribution in [0.4, 0.5) is 11.4 Å². The van der Waals surface area contributed by atoms with Gasteiger partial charge in [0.1, 0.15) is 11.5 Å². The van der Waals surface area contributed by atoms with Crippen LogP contribution in [0.3, 0.4) is 0 Å². The van der Waals surface area contributed by atoms with Crippen LogP contribution >= 0.6 is 11.6 Å². The SMILES string of the molecule is CCN(CC)S(=O)(=O)c1ccc(C(=O)Nc2ccc3c(c2)N(CCCCOc2ccc(Cl)cc2)C(=O)CO3)cc1. The van der Waals surface area contributed by atoms with Crippen LogP contribution in [-0.2, 0) is 14.8 Å². The molecule has 0 aliphatic carbocycles. The third kappa shape index (κ3) is 6.93. The summed E-state index contributed by atoms with van der Waals surface area (Å²) in [4.78, 5) is 27.3. The van der Waals surface area contributed by atoms with E-state index in [9.17, 15) is 18.0 Å². The molecule has 1 N–H and O–H groups in total. The van der Waals surface area contributed by atoms with E-state index in [0.29, 0.717) is 60.4 Å². The van der Waals surface area contributed by atoms with Crippen molar-refractivity contribution in [1.82, 2.24) is 4.31 Å². The Balaban J connectivity index is 1.38. The number of anilines is 2. The van der Waals surface area contributed by atoms with Crippen molar-refractivity contribution in [2.75, 3.05) is 43.1 Å². The molecule has 11 heteroatoms. The topological polar surface area (TPSA) is 105 Å². The molecule has 0 saturated carbocycles. The largest absolute Gasteiger partial charge is 0.494 e. The van der Waals surface area contributed by atoms with Crippen molar-refractivity contribution in [3.63, 3.8) is 0 Å². The number of hydrogen-bond donors (Lipinski definition) is 1. The summed E-state index contributed by atoms with van der Waals surface area (Å²) in [6.07, 6.45) is 1.44. The Morgan fingerprint density at radius 2 is 1.73 bits per heavy atom. The van der Waals surface area contributed by atoms with Gasteiger partial charge in [-0.2, -0.15) is 4.31 Å². The summed E-state index contributed by atoms with van der Waals surface area (Å²) in [5, 5.41) is 3.47. The summed E-state index contributed by atoms with van der Waals surface area (Å²) in [6.45, 7) is 5.19. The Morgan fingerprint density at radius 1 is 1.02 bits per heavy atom. The van der Waals surface area contributed by atoms with Gasteiger partial charge in [0, 0.05) is 35.9 Å². The lowest BCUT2D eigenvalue weighted by molar-refractivity contribution is -0.121. The lowest BCUT2D eigenvalue weighted by Gasteiger charge is -2.30. The van der Waals surface area contributed by atoms with E-state index in [1.165, 1.54) is 28.6 Å². The van der Waals surface area contributed by atoms with Crippen molar-refractivity contribution < 1.29 is 27.5 Å². The van der Waals surface area contributed by atoms with E-state index in [4.69, 9.17) is 21.1 Å². The molecule has 9 nitrogen and oxygen atoms in total. The second-order valence-corrected chi connectivity index (χ2v) is 11.5. The molecule has 1 aliphatic heterocycles. The van der Waals surface area contributed by atoms with Crippen molar-refractivity contribution in [2.45, 2.75) is 31.6 Å². The molecule has 0 atom stereocenters. The number of nitrogens with one attached hydrogen (secondary N) is 1.